The molecule has 0 radical (unpaired) electrons. The van der Waals surface area contributed by atoms with Crippen LogP contribution in [-0.4, -0.2) is 18.5 Å². The molecule has 2 nitrogen and oxygen atoms in total. The van der Waals surface area contributed by atoms with Crippen molar-refractivity contribution in [2.45, 2.75) is 72.3 Å². The van der Waals surface area contributed by atoms with E-state index in [4.69, 9.17) is 4.74 Å². The minimum atomic E-state index is 0.128. The zero-order valence-corrected chi connectivity index (χ0v) is 14.6. The lowest BCUT2D eigenvalue weighted by Gasteiger charge is -2.15. The molecule has 0 saturated heterocycles. The molecule has 0 aromatic rings. The van der Waals surface area contributed by atoms with Gasteiger partial charge in [-0.25, -0.2) is 0 Å². The van der Waals surface area contributed by atoms with Crippen molar-refractivity contribution in [3.05, 3.63) is 34.4 Å². The summed E-state index contributed by atoms with van der Waals surface area (Å²) in [6.07, 6.45) is 10.4. The quantitative estimate of drug-likeness (QED) is 0.578. The number of Topliss-reactive ketones (excluding diaryl/α,β-unsaturated/α-hetero) is 1. The summed E-state index contributed by atoms with van der Waals surface area (Å²) in [5.41, 5.74) is 5.55. The summed E-state index contributed by atoms with van der Waals surface area (Å²) in [6.45, 7) is 9.35. The van der Waals surface area contributed by atoms with Crippen molar-refractivity contribution in [3.8, 4) is 0 Å². The van der Waals surface area contributed by atoms with Gasteiger partial charge in [0.05, 0.1) is 12.7 Å². The van der Waals surface area contributed by atoms with Crippen molar-refractivity contribution in [2.75, 3.05) is 6.61 Å². The zero-order chi connectivity index (χ0) is 16.1. The molecule has 0 saturated carbocycles. The molecule has 1 aliphatic heterocycles. The largest absolute Gasteiger partial charge is 0.365 e. The fourth-order valence-electron chi connectivity index (χ4n) is 3.24. The molecule has 2 unspecified atom stereocenters. The van der Waals surface area contributed by atoms with Gasteiger partial charge in [-0.3, -0.25) is 4.79 Å². The van der Waals surface area contributed by atoms with Crippen molar-refractivity contribution < 1.29 is 9.53 Å². The molecule has 0 amide bonds. The van der Waals surface area contributed by atoms with Crippen molar-refractivity contribution in [1.29, 1.82) is 0 Å². The van der Waals surface area contributed by atoms with Crippen LogP contribution in [0.2, 0.25) is 0 Å². The van der Waals surface area contributed by atoms with E-state index in [1.165, 1.54) is 22.3 Å². The first kappa shape index (κ1) is 17.2. The molecule has 2 rings (SSSR count). The second-order valence-electron chi connectivity index (χ2n) is 7.05. The molecule has 0 spiro atoms. The minimum Gasteiger partial charge on any atom is -0.365 e. The van der Waals surface area contributed by atoms with E-state index in [1.54, 1.807) is 0 Å². The first-order valence-electron chi connectivity index (χ1n) is 8.63. The number of ketones is 1. The maximum absolute atomic E-state index is 12.2. The summed E-state index contributed by atoms with van der Waals surface area (Å²) in [5.74, 6) is 0.579. The number of allylic oxidation sites excluding steroid dienone is 3. The van der Waals surface area contributed by atoms with E-state index in [0.717, 1.165) is 38.7 Å². The maximum atomic E-state index is 12.2. The molecule has 0 bridgehead atoms. The SMILES string of the molecule is CC1=C2CC/C(C)=C/CCC(C)C(=O)CC/C(C)=C\C2OC1. The smallest absolute Gasteiger partial charge is 0.136 e. The molecule has 22 heavy (non-hydrogen) atoms. The molecule has 1 heterocycles. The number of carbonyl (C=O) groups is 1. The summed E-state index contributed by atoms with van der Waals surface area (Å²) in [4.78, 5) is 12.2. The Labute approximate surface area is 135 Å². The van der Waals surface area contributed by atoms with Crippen LogP contribution in [0, 0.1) is 5.92 Å². The Hall–Kier alpha value is -1.15. The van der Waals surface area contributed by atoms with Crippen LogP contribution in [0.1, 0.15) is 66.2 Å². The lowest BCUT2D eigenvalue weighted by Crippen LogP contribution is -2.12. The highest BCUT2D eigenvalue weighted by Gasteiger charge is 2.22. The summed E-state index contributed by atoms with van der Waals surface area (Å²) in [7, 11) is 0. The van der Waals surface area contributed by atoms with Gasteiger partial charge in [-0.05, 0) is 64.0 Å². The Morgan fingerprint density at radius 2 is 1.77 bits per heavy atom. The predicted molar refractivity (Wildman–Crippen MR) is 91.8 cm³/mol. The van der Waals surface area contributed by atoms with Gasteiger partial charge in [-0.1, -0.05) is 30.2 Å². The van der Waals surface area contributed by atoms with E-state index in [2.05, 4.69) is 39.8 Å². The lowest BCUT2D eigenvalue weighted by atomic mass is 9.92. The molecule has 2 atom stereocenters. The third-order valence-electron chi connectivity index (χ3n) is 5.00. The van der Waals surface area contributed by atoms with E-state index < -0.39 is 0 Å². The Balaban J connectivity index is 2.17. The monoisotopic (exact) mass is 302 g/mol. The second kappa shape index (κ2) is 7.92. The lowest BCUT2D eigenvalue weighted by molar-refractivity contribution is -0.122. The van der Waals surface area contributed by atoms with E-state index in [1.807, 2.05) is 0 Å². The predicted octanol–water partition coefficient (Wildman–Crippen LogP) is 5.15. The Kier molecular flexibility index (Phi) is 6.19. The van der Waals surface area contributed by atoms with Gasteiger partial charge in [0, 0.05) is 12.3 Å². The van der Waals surface area contributed by atoms with Gasteiger partial charge in [0.2, 0.25) is 0 Å². The van der Waals surface area contributed by atoms with Crippen molar-refractivity contribution in [1.82, 2.24) is 0 Å². The highest BCUT2D eigenvalue weighted by Crippen LogP contribution is 2.29. The van der Waals surface area contributed by atoms with E-state index in [0.29, 0.717) is 12.2 Å². The summed E-state index contributed by atoms with van der Waals surface area (Å²) in [5, 5.41) is 0. The van der Waals surface area contributed by atoms with Gasteiger partial charge in [0.15, 0.2) is 0 Å². The van der Waals surface area contributed by atoms with Gasteiger partial charge < -0.3 is 4.74 Å². The van der Waals surface area contributed by atoms with Gasteiger partial charge in [-0.2, -0.15) is 0 Å². The highest BCUT2D eigenvalue weighted by atomic mass is 16.5. The van der Waals surface area contributed by atoms with Crippen LogP contribution >= 0.6 is 0 Å². The minimum absolute atomic E-state index is 0.128. The Bertz CT molecular complexity index is 508. The molecule has 2 heteroatoms. The average Bonchev–Trinajstić information content (AvgIpc) is 2.82. The van der Waals surface area contributed by atoms with E-state index in [-0.39, 0.29) is 12.0 Å². The third-order valence-corrected chi connectivity index (χ3v) is 5.00. The van der Waals surface area contributed by atoms with Crippen molar-refractivity contribution in [3.63, 3.8) is 0 Å². The van der Waals surface area contributed by atoms with E-state index >= 15 is 0 Å². The Morgan fingerprint density at radius 1 is 1.05 bits per heavy atom. The molecule has 122 valence electrons. The number of fused-ring (bicyclic) bond motifs is 1. The Morgan fingerprint density at radius 3 is 2.55 bits per heavy atom. The summed E-state index contributed by atoms with van der Waals surface area (Å²) >= 11 is 0. The summed E-state index contributed by atoms with van der Waals surface area (Å²) < 4.78 is 5.93. The first-order valence-corrected chi connectivity index (χ1v) is 8.63. The van der Waals surface area contributed by atoms with Gasteiger partial charge in [0.1, 0.15) is 5.78 Å². The van der Waals surface area contributed by atoms with Crippen molar-refractivity contribution in [2.24, 2.45) is 5.92 Å². The van der Waals surface area contributed by atoms with Crippen LogP contribution in [0.5, 0.6) is 0 Å². The molecule has 0 fully saturated rings. The molecule has 1 aliphatic carbocycles. The molecule has 0 N–H and O–H groups in total. The third kappa shape index (κ3) is 4.67. The standard InChI is InChI=1S/C20H30O2/c1-14-6-5-7-16(3)19(21)11-9-15(2)12-20-18(10-8-14)17(4)13-22-20/h6,12,16,20H,5,7-11,13H2,1-4H3/b14-6+,15-12-. The van der Waals surface area contributed by atoms with Gasteiger partial charge >= 0.3 is 0 Å². The highest BCUT2D eigenvalue weighted by molar-refractivity contribution is 5.80. The number of hydrogen-bond donors (Lipinski definition) is 0. The van der Waals surface area contributed by atoms with Crippen LogP contribution in [0.3, 0.4) is 0 Å². The van der Waals surface area contributed by atoms with Crippen LogP contribution < -0.4 is 0 Å². The van der Waals surface area contributed by atoms with Gasteiger partial charge in [0.25, 0.3) is 0 Å². The molecular weight excluding hydrogens is 272 g/mol. The molecular formula is C20H30O2. The number of rotatable bonds is 0. The molecule has 0 aromatic heterocycles. The first-order chi connectivity index (χ1) is 10.5. The maximum Gasteiger partial charge on any atom is 0.136 e. The van der Waals surface area contributed by atoms with Crippen LogP contribution in [-0.2, 0) is 9.53 Å². The van der Waals surface area contributed by atoms with E-state index in [9.17, 15) is 4.79 Å². The number of hydrogen-bond acceptors (Lipinski definition) is 2. The zero-order valence-electron chi connectivity index (χ0n) is 14.6. The average molecular weight is 302 g/mol. The van der Waals surface area contributed by atoms with Gasteiger partial charge in [-0.15, -0.1) is 0 Å². The van der Waals surface area contributed by atoms with Crippen molar-refractivity contribution >= 4 is 5.78 Å². The fourth-order valence-corrected chi connectivity index (χ4v) is 3.24. The van der Waals surface area contributed by atoms with Crippen LogP contribution in [0.25, 0.3) is 0 Å². The topological polar surface area (TPSA) is 26.3 Å². The second-order valence-corrected chi connectivity index (χ2v) is 7.05. The van der Waals surface area contributed by atoms with Crippen LogP contribution in [0.15, 0.2) is 34.4 Å². The number of carbonyl (C=O) groups excluding carboxylic acids is 1. The fraction of sp³-hybridized carbons (Fsp3) is 0.650. The normalized spacial score (nSPS) is 33.5. The molecule has 2 aliphatic rings. The number of ether oxygens (including phenoxy) is 1. The van der Waals surface area contributed by atoms with Crippen LogP contribution in [0.4, 0.5) is 0 Å². The summed E-state index contributed by atoms with van der Waals surface area (Å²) in [6, 6.07) is 0. The molecule has 0 aromatic carbocycles.